The number of rotatable bonds is 8. The predicted molar refractivity (Wildman–Crippen MR) is 137 cm³/mol. The lowest BCUT2D eigenvalue weighted by molar-refractivity contribution is -0.141. The number of nitrogens with zero attached hydrogens (tertiary/aromatic N) is 3. The van der Waals surface area contributed by atoms with Gasteiger partial charge in [-0.15, -0.1) is 0 Å². The fourth-order valence-electron chi connectivity index (χ4n) is 3.69. The molecule has 9 heteroatoms. The standard InChI is InChI=1S/C25H25ClN4O3S/c1-29(2)25-28-22(23(34-25)16-7-6-8-18(26)13-16)24(32)30(15-21(31)33-3)12-11-17-14-27-20-10-5-4-9-19(17)20/h4-10,13-14,27H,11-12,15H2,1-3H3. The molecule has 0 aliphatic carbocycles. The van der Waals surface area contributed by atoms with E-state index in [9.17, 15) is 9.59 Å². The third-order valence-corrected chi connectivity index (χ3v) is 6.96. The molecule has 2 aromatic carbocycles. The van der Waals surface area contributed by atoms with Crippen LogP contribution in [0.4, 0.5) is 5.13 Å². The molecule has 0 aliphatic rings. The molecule has 0 unspecified atom stereocenters. The second-order valence-corrected chi connectivity index (χ2v) is 9.41. The summed E-state index contributed by atoms with van der Waals surface area (Å²) in [4.78, 5) is 37.8. The average molecular weight is 497 g/mol. The largest absolute Gasteiger partial charge is 0.468 e. The highest BCUT2D eigenvalue weighted by atomic mass is 35.5. The van der Waals surface area contributed by atoms with Crippen molar-refractivity contribution < 1.29 is 14.3 Å². The Morgan fingerprint density at radius 3 is 2.68 bits per heavy atom. The highest BCUT2D eigenvalue weighted by molar-refractivity contribution is 7.19. The summed E-state index contributed by atoms with van der Waals surface area (Å²) in [5.41, 5.74) is 3.19. The molecule has 34 heavy (non-hydrogen) atoms. The van der Waals surface area contributed by atoms with Crippen LogP contribution in [0, 0.1) is 0 Å². The Labute approximate surface area is 206 Å². The minimum absolute atomic E-state index is 0.165. The van der Waals surface area contributed by atoms with Crippen LogP contribution in [0.5, 0.6) is 0 Å². The number of thiazole rings is 1. The van der Waals surface area contributed by atoms with E-state index >= 15 is 0 Å². The van der Waals surface area contributed by atoms with Crippen molar-refractivity contribution in [2.24, 2.45) is 0 Å². The van der Waals surface area contributed by atoms with E-state index in [4.69, 9.17) is 16.3 Å². The fourth-order valence-corrected chi connectivity index (χ4v) is 4.85. The smallest absolute Gasteiger partial charge is 0.325 e. The van der Waals surface area contributed by atoms with E-state index < -0.39 is 5.97 Å². The van der Waals surface area contributed by atoms with Gasteiger partial charge in [-0.1, -0.05) is 53.3 Å². The zero-order valence-electron chi connectivity index (χ0n) is 19.2. The van der Waals surface area contributed by atoms with Crippen molar-refractivity contribution in [3.63, 3.8) is 0 Å². The Morgan fingerprint density at radius 1 is 1.15 bits per heavy atom. The maximum Gasteiger partial charge on any atom is 0.325 e. The number of halogens is 1. The second-order valence-electron chi connectivity index (χ2n) is 7.99. The van der Waals surface area contributed by atoms with Gasteiger partial charge in [0, 0.05) is 42.8 Å². The molecule has 0 saturated carbocycles. The van der Waals surface area contributed by atoms with E-state index in [1.807, 2.05) is 67.7 Å². The van der Waals surface area contributed by atoms with E-state index in [1.165, 1.54) is 23.3 Å². The SMILES string of the molecule is COC(=O)CN(CCc1c[nH]c2ccccc12)C(=O)c1nc(N(C)C)sc1-c1cccc(Cl)c1. The lowest BCUT2D eigenvalue weighted by Crippen LogP contribution is -2.38. The summed E-state index contributed by atoms with van der Waals surface area (Å²) in [6, 6.07) is 15.3. The zero-order chi connectivity index (χ0) is 24.2. The van der Waals surface area contributed by atoms with Gasteiger partial charge in [0.15, 0.2) is 5.13 Å². The van der Waals surface area contributed by atoms with Crippen molar-refractivity contribution in [2.45, 2.75) is 6.42 Å². The van der Waals surface area contributed by atoms with Crippen LogP contribution in [0.3, 0.4) is 0 Å². The molecule has 2 aromatic heterocycles. The Bertz CT molecular complexity index is 1330. The summed E-state index contributed by atoms with van der Waals surface area (Å²) in [6.07, 6.45) is 2.51. The third-order valence-electron chi connectivity index (χ3n) is 5.45. The fraction of sp³-hybridized carbons (Fsp3) is 0.240. The van der Waals surface area contributed by atoms with Gasteiger partial charge < -0.3 is 19.5 Å². The van der Waals surface area contributed by atoms with E-state index in [0.717, 1.165) is 22.0 Å². The van der Waals surface area contributed by atoms with Gasteiger partial charge in [-0.2, -0.15) is 0 Å². The number of hydrogen-bond acceptors (Lipinski definition) is 6. The lowest BCUT2D eigenvalue weighted by atomic mass is 10.1. The number of amides is 1. The van der Waals surface area contributed by atoms with Crippen LogP contribution < -0.4 is 4.90 Å². The minimum atomic E-state index is -0.486. The van der Waals surface area contributed by atoms with Crippen LogP contribution in [-0.2, 0) is 16.0 Å². The number of nitrogens with one attached hydrogen (secondary N) is 1. The molecule has 1 N–H and O–H groups in total. The quantitative estimate of drug-likeness (QED) is 0.352. The van der Waals surface area contributed by atoms with Gasteiger partial charge in [0.1, 0.15) is 12.2 Å². The van der Waals surface area contributed by atoms with Gasteiger partial charge in [-0.25, -0.2) is 4.98 Å². The Kier molecular flexibility index (Phi) is 7.19. The summed E-state index contributed by atoms with van der Waals surface area (Å²) in [5, 5.41) is 2.35. The lowest BCUT2D eigenvalue weighted by Gasteiger charge is -2.21. The molecule has 0 spiro atoms. The highest BCUT2D eigenvalue weighted by Crippen LogP contribution is 2.36. The number of esters is 1. The number of H-pyrrole nitrogens is 1. The van der Waals surface area contributed by atoms with Gasteiger partial charge in [-0.3, -0.25) is 9.59 Å². The molecular formula is C25H25ClN4O3S. The Morgan fingerprint density at radius 2 is 1.94 bits per heavy atom. The summed E-state index contributed by atoms with van der Waals surface area (Å²) < 4.78 is 4.87. The molecule has 0 saturated heterocycles. The van der Waals surface area contributed by atoms with Crippen LogP contribution >= 0.6 is 22.9 Å². The van der Waals surface area contributed by atoms with E-state index in [1.54, 1.807) is 6.07 Å². The average Bonchev–Trinajstić information content (AvgIpc) is 3.46. The summed E-state index contributed by atoms with van der Waals surface area (Å²) in [6.45, 7) is 0.168. The number of carbonyl (C=O) groups excluding carboxylic acids is 2. The van der Waals surface area contributed by atoms with Crippen molar-refractivity contribution in [3.8, 4) is 10.4 Å². The van der Waals surface area contributed by atoms with Crippen molar-refractivity contribution in [2.75, 3.05) is 39.2 Å². The van der Waals surface area contributed by atoms with Crippen LogP contribution in [-0.4, -0.2) is 61.0 Å². The first-order valence-electron chi connectivity index (χ1n) is 10.7. The Hall–Kier alpha value is -3.36. The van der Waals surface area contributed by atoms with Crippen molar-refractivity contribution in [3.05, 3.63) is 71.0 Å². The first-order chi connectivity index (χ1) is 16.4. The molecule has 176 valence electrons. The summed E-state index contributed by atoms with van der Waals surface area (Å²) in [5.74, 6) is -0.816. The van der Waals surface area contributed by atoms with Crippen molar-refractivity contribution >= 4 is 50.8 Å². The van der Waals surface area contributed by atoms with Crippen LogP contribution in [0.15, 0.2) is 54.7 Å². The number of para-hydroxylation sites is 1. The monoisotopic (exact) mass is 496 g/mol. The van der Waals surface area contributed by atoms with E-state index in [0.29, 0.717) is 33.7 Å². The third kappa shape index (κ3) is 5.08. The topological polar surface area (TPSA) is 78.5 Å². The molecule has 0 atom stereocenters. The summed E-state index contributed by atoms with van der Waals surface area (Å²) >= 11 is 7.62. The normalized spacial score (nSPS) is 10.9. The number of aromatic amines is 1. The van der Waals surface area contributed by atoms with E-state index in [-0.39, 0.29) is 12.5 Å². The predicted octanol–water partition coefficient (Wildman–Crippen LogP) is 4.87. The molecule has 0 fully saturated rings. The maximum atomic E-state index is 13.7. The number of carbonyl (C=O) groups is 2. The maximum absolute atomic E-state index is 13.7. The molecule has 0 bridgehead atoms. The molecular weight excluding hydrogens is 472 g/mol. The molecule has 0 aliphatic heterocycles. The number of anilines is 1. The minimum Gasteiger partial charge on any atom is -0.468 e. The molecule has 7 nitrogen and oxygen atoms in total. The van der Waals surface area contributed by atoms with Crippen molar-refractivity contribution in [1.82, 2.24) is 14.9 Å². The van der Waals surface area contributed by atoms with Crippen LogP contribution in [0.1, 0.15) is 16.1 Å². The number of fused-ring (bicyclic) bond motifs is 1. The number of benzene rings is 2. The molecule has 1 amide bonds. The highest BCUT2D eigenvalue weighted by Gasteiger charge is 2.27. The van der Waals surface area contributed by atoms with Crippen LogP contribution in [0.2, 0.25) is 5.02 Å². The van der Waals surface area contributed by atoms with Gasteiger partial charge >= 0.3 is 5.97 Å². The summed E-state index contributed by atoms with van der Waals surface area (Å²) in [7, 11) is 5.06. The Balaban J connectivity index is 1.67. The first kappa shape index (κ1) is 23.8. The number of methoxy groups -OCH3 is 1. The molecule has 4 rings (SSSR count). The van der Waals surface area contributed by atoms with Gasteiger partial charge in [0.25, 0.3) is 5.91 Å². The number of ether oxygens (including phenoxy) is 1. The molecule has 2 heterocycles. The van der Waals surface area contributed by atoms with Crippen LogP contribution in [0.25, 0.3) is 21.3 Å². The molecule has 0 radical (unpaired) electrons. The number of hydrogen-bond donors (Lipinski definition) is 1. The first-order valence-corrected chi connectivity index (χ1v) is 11.9. The van der Waals surface area contributed by atoms with Gasteiger partial charge in [-0.05, 0) is 35.7 Å². The van der Waals surface area contributed by atoms with Gasteiger partial charge in [0.05, 0.1) is 12.0 Å². The molecule has 4 aromatic rings. The number of aromatic nitrogens is 2. The zero-order valence-corrected chi connectivity index (χ0v) is 20.7. The van der Waals surface area contributed by atoms with E-state index in [2.05, 4.69) is 9.97 Å². The second kappa shape index (κ2) is 10.3. The van der Waals surface area contributed by atoms with Crippen molar-refractivity contribution in [1.29, 1.82) is 0 Å². The van der Waals surface area contributed by atoms with Gasteiger partial charge in [0.2, 0.25) is 0 Å².